The Labute approximate surface area is 120 Å². The number of nitrogens with zero attached hydrogens (tertiary/aromatic N) is 1. The van der Waals surface area contributed by atoms with Crippen molar-refractivity contribution in [1.82, 2.24) is 0 Å². The molecule has 0 saturated heterocycles. The summed E-state index contributed by atoms with van der Waals surface area (Å²) in [5.74, 6) is -0.519. The molecule has 104 valence electrons. The lowest BCUT2D eigenvalue weighted by atomic mass is 10.1. The maximum Gasteiger partial charge on any atom is 0.446 e. The van der Waals surface area contributed by atoms with Crippen LogP contribution in [0.15, 0.2) is 21.9 Å². The number of halogens is 5. The third-order valence-electron chi connectivity index (χ3n) is 1.94. The second kappa shape index (κ2) is 5.79. The molecular formula is C9H4Cl2F3NO2S2. The number of hydrogen-bond donors (Lipinski definition) is 0. The largest absolute Gasteiger partial charge is 0.446 e. The number of nitriles is 1. The Morgan fingerprint density at radius 2 is 1.95 bits per heavy atom. The van der Waals surface area contributed by atoms with Crippen molar-refractivity contribution in [3.05, 3.63) is 23.3 Å². The van der Waals surface area contributed by atoms with E-state index >= 15 is 0 Å². The summed E-state index contributed by atoms with van der Waals surface area (Å²) in [5, 5.41) is 8.78. The maximum absolute atomic E-state index is 12.3. The zero-order valence-electron chi connectivity index (χ0n) is 8.83. The molecule has 0 N–H and O–H groups in total. The van der Waals surface area contributed by atoms with Crippen molar-refractivity contribution < 1.29 is 21.6 Å². The van der Waals surface area contributed by atoms with Gasteiger partial charge in [-0.3, -0.25) is 0 Å². The predicted octanol–water partition coefficient (Wildman–Crippen LogP) is 3.84. The molecule has 1 rings (SSSR count). The normalized spacial score (nSPS) is 12.2. The number of benzene rings is 1. The molecule has 0 heterocycles. The van der Waals surface area contributed by atoms with E-state index in [1.807, 2.05) is 0 Å². The highest BCUT2D eigenvalue weighted by Gasteiger charge is 2.32. The average Bonchev–Trinajstić information content (AvgIpc) is 2.25. The highest BCUT2D eigenvalue weighted by molar-refractivity contribution is 8.13. The number of alkyl halides is 4. The van der Waals surface area contributed by atoms with Gasteiger partial charge in [0.25, 0.3) is 9.05 Å². The minimum Gasteiger partial charge on any atom is -0.207 e. The standard InChI is InChI=1S/C9H4Cl2F3NO2S2/c10-3-6-7(18-9(12,13)14)2-1-5(4-15)8(6)19(11,16)17/h1-2H,3H2. The molecule has 0 fully saturated rings. The van der Waals surface area contributed by atoms with Gasteiger partial charge >= 0.3 is 5.51 Å². The number of rotatable bonds is 3. The van der Waals surface area contributed by atoms with Crippen LogP contribution in [-0.2, 0) is 14.9 Å². The first kappa shape index (κ1) is 16.4. The van der Waals surface area contributed by atoms with Crippen molar-refractivity contribution in [2.45, 2.75) is 21.2 Å². The van der Waals surface area contributed by atoms with Gasteiger partial charge in [-0.15, -0.1) is 11.6 Å². The molecule has 0 aliphatic heterocycles. The van der Waals surface area contributed by atoms with Crippen molar-refractivity contribution in [3.63, 3.8) is 0 Å². The first-order valence-corrected chi connectivity index (χ1v) is 8.08. The quantitative estimate of drug-likeness (QED) is 0.472. The summed E-state index contributed by atoms with van der Waals surface area (Å²) in [4.78, 5) is -1.08. The third kappa shape index (κ3) is 4.18. The summed E-state index contributed by atoms with van der Waals surface area (Å²) in [6.07, 6.45) is 0. The van der Waals surface area contributed by atoms with Gasteiger partial charge in [-0.1, -0.05) is 0 Å². The molecule has 0 bridgehead atoms. The third-order valence-corrected chi connectivity index (χ3v) is 4.46. The van der Waals surface area contributed by atoms with Gasteiger partial charge in [-0.05, 0) is 23.9 Å². The van der Waals surface area contributed by atoms with Crippen LogP contribution in [0.1, 0.15) is 11.1 Å². The average molecular weight is 350 g/mol. The van der Waals surface area contributed by atoms with E-state index in [0.717, 1.165) is 12.1 Å². The summed E-state index contributed by atoms with van der Waals surface area (Å²) in [6.45, 7) is 0. The fourth-order valence-corrected chi connectivity index (χ4v) is 3.89. The molecule has 0 unspecified atom stereocenters. The van der Waals surface area contributed by atoms with Gasteiger partial charge in [0.1, 0.15) is 11.0 Å². The van der Waals surface area contributed by atoms with E-state index in [1.54, 1.807) is 6.07 Å². The van der Waals surface area contributed by atoms with E-state index in [1.165, 1.54) is 0 Å². The molecule has 0 saturated carbocycles. The van der Waals surface area contributed by atoms with Crippen LogP contribution in [0.3, 0.4) is 0 Å². The molecule has 1 aromatic rings. The highest BCUT2D eigenvalue weighted by Crippen LogP contribution is 2.41. The Bertz CT molecular complexity index is 638. The van der Waals surface area contributed by atoms with Crippen LogP contribution >= 0.6 is 34.0 Å². The molecule has 0 amide bonds. The molecule has 0 aliphatic carbocycles. The van der Waals surface area contributed by atoms with Crippen LogP contribution in [-0.4, -0.2) is 13.9 Å². The molecular weight excluding hydrogens is 346 g/mol. The Balaban J connectivity index is 3.60. The monoisotopic (exact) mass is 349 g/mol. The number of thioether (sulfide) groups is 1. The molecule has 0 aromatic heterocycles. The SMILES string of the molecule is N#Cc1ccc(SC(F)(F)F)c(CCl)c1S(=O)(=O)Cl. The Morgan fingerprint density at radius 1 is 1.37 bits per heavy atom. The van der Waals surface area contributed by atoms with Crippen molar-refractivity contribution in [1.29, 1.82) is 5.26 Å². The van der Waals surface area contributed by atoms with E-state index in [-0.39, 0.29) is 11.1 Å². The summed E-state index contributed by atoms with van der Waals surface area (Å²) in [5.41, 5.74) is -5.29. The van der Waals surface area contributed by atoms with E-state index in [0.29, 0.717) is 0 Å². The van der Waals surface area contributed by atoms with E-state index in [4.69, 9.17) is 27.5 Å². The summed E-state index contributed by atoms with van der Waals surface area (Å²) in [6, 6.07) is 3.50. The zero-order valence-corrected chi connectivity index (χ0v) is 12.0. The molecule has 0 radical (unpaired) electrons. The van der Waals surface area contributed by atoms with Crippen molar-refractivity contribution in [2.24, 2.45) is 0 Å². The van der Waals surface area contributed by atoms with E-state index in [9.17, 15) is 21.6 Å². The minimum absolute atomic E-state index is 0.335. The topological polar surface area (TPSA) is 57.9 Å². The van der Waals surface area contributed by atoms with Crippen LogP contribution in [0, 0.1) is 11.3 Å². The Hall–Kier alpha value is -0.620. The first-order chi connectivity index (χ1) is 8.60. The van der Waals surface area contributed by atoms with Crippen LogP contribution in [0.4, 0.5) is 13.2 Å². The Morgan fingerprint density at radius 3 is 2.32 bits per heavy atom. The van der Waals surface area contributed by atoms with Crippen LogP contribution in [0.25, 0.3) is 0 Å². The van der Waals surface area contributed by atoms with Gasteiger partial charge in [0.2, 0.25) is 0 Å². The summed E-state index contributed by atoms with van der Waals surface area (Å²) in [7, 11) is 0.760. The molecule has 1 aromatic carbocycles. The van der Waals surface area contributed by atoms with Crippen LogP contribution < -0.4 is 0 Å². The highest BCUT2D eigenvalue weighted by atomic mass is 35.7. The van der Waals surface area contributed by atoms with Crippen molar-refractivity contribution >= 4 is 43.1 Å². The smallest absolute Gasteiger partial charge is 0.207 e. The van der Waals surface area contributed by atoms with Gasteiger partial charge in [0, 0.05) is 27.0 Å². The molecule has 0 spiro atoms. The van der Waals surface area contributed by atoms with Crippen LogP contribution in [0.2, 0.25) is 0 Å². The predicted molar refractivity (Wildman–Crippen MR) is 65.7 cm³/mol. The molecule has 0 atom stereocenters. The van der Waals surface area contributed by atoms with Gasteiger partial charge in [0.15, 0.2) is 0 Å². The van der Waals surface area contributed by atoms with E-state index in [2.05, 4.69) is 0 Å². The van der Waals surface area contributed by atoms with Gasteiger partial charge in [-0.2, -0.15) is 18.4 Å². The first-order valence-electron chi connectivity index (χ1n) is 4.42. The molecule has 3 nitrogen and oxygen atoms in total. The van der Waals surface area contributed by atoms with Crippen molar-refractivity contribution in [3.8, 4) is 6.07 Å². The second-order valence-electron chi connectivity index (χ2n) is 3.15. The lowest BCUT2D eigenvalue weighted by Crippen LogP contribution is -2.06. The fraction of sp³-hybridized carbons (Fsp3) is 0.222. The number of hydrogen-bond acceptors (Lipinski definition) is 4. The summed E-state index contributed by atoms with van der Waals surface area (Å²) >= 11 is 4.97. The van der Waals surface area contributed by atoms with Gasteiger partial charge in [-0.25, -0.2) is 8.42 Å². The summed E-state index contributed by atoms with van der Waals surface area (Å²) < 4.78 is 59.8. The lowest BCUT2D eigenvalue weighted by Gasteiger charge is -2.13. The van der Waals surface area contributed by atoms with E-state index < -0.39 is 42.0 Å². The van der Waals surface area contributed by atoms with Gasteiger partial charge in [0.05, 0.1) is 5.56 Å². The van der Waals surface area contributed by atoms with Crippen molar-refractivity contribution in [2.75, 3.05) is 0 Å². The molecule has 19 heavy (non-hydrogen) atoms. The minimum atomic E-state index is -4.61. The van der Waals surface area contributed by atoms with Gasteiger partial charge < -0.3 is 0 Å². The molecule has 0 aliphatic rings. The van der Waals surface area contributed by atoms with Crippen LogP contribution in [0.5, 0.6) is 0 Å². The fourth-order valence-electron chi connectivity index (χ4n) is 1.32. The maximum atomic E-state index is 12.3. The molecule has 10 heteroatoms. The second-order valence-corrected chi connectivity index (χ2v) is 7.03. The lowest BCUT2D eigenvalue weighted by molar-refractivity contribution is -0.0328. The Kier molecular flexibility index (Phi) is 5.01. The zero-order chi connectivity index (χ0) is 14.8.